The number of carbonyl (C=O) groups is 1. The largest absolute Gasteiger partial charge is 0.435 e. The third-order valence-corrected chi connectivity index (χ3v) is 5.20. The van der Waals surface area contributed by atoms with Crippen LogP contribution >= 0.6 is 0 Å². The van der Waals surface area contributed by atoms with Crippen LogP contribution in [0.25, 0.3) is 0 Å². The highest BCUT2D eigenvalue weighted by atomic mass is 19.4. The first-order valence-corrected chi connectivity index (χ1v) is 7.68. The van der Waals surface area contributed by atoms with Crippen molar-refractivity contribution >= 4 is 5.91 Å². The predicted octanol–water partition coefficient (Wildman–Crippen LogP) is 2.99. The Morgan fingerprint density at radius 3 is 2.64 bits per heavy atom. The molecule has 2 bridgehead atoms. The van der Waals surface area contributed by atoms with Gasteiger partial charge in [-0.3, -0.25) is 9.48 Å². The summed E-state index contributed by atoms with van der Waals surface area (Å²) in [6.45, 7) is 1.95. The number of fused-ring (bicyclic) bond motifs is 2. The normalized spacial score (nSPS) is 28.9. The first-order valence-electron chi connectivity index (χ1n) is 7.68. The third kappa shape index (κ3) is 2.73. The average Bonchev–Trinajstić information content (AvgIpc) is 3.11. The van der Waals surface area contributed by atoms with Crippen molar-refractivity contribution in [3.63, 3.8) is 0 Å². The second kappa shape index (κ2) is 5.28. The molecule has 2 aliphatic rings. The monoisotopic (exact) mass is 315 g/mol. The van der Waals surface area contributed by atoms with Gasteiger partial charge in [0.25, 0.3) is 5.91 Å². The van der Waals surface area contributed by atoms with E-state index in [1.165, 1.54) is 26.3 Å². The predicted molar refractivity (Wildman–Crippen MR) is 74.1 cm³/mol. The molecule has 0 aromatic carbocycles. The summed E-state index contributed by atoms with van der Waals surface area (Å²) in [5.41, 5.74) is -1.09. The Bertz CT molecular complexity index is 581. The number of rotatable bonds is 3. The summed E-state index contributed by atoms with van der Waals surface area (Å²) in [7, 11) is 1.35. The molecule has 1 amide bonds. The standard InChI is InChI=1S/C15H20F3N3O/c1-8(11-6-9-3-4-10(11)5-9)19-14(22)12-7-13(15(16,17)18)20-21(12)2/h7-11H,3-6H2,1-2H3,(H,19,22)/t8-,9-,10-,11+/m1/s1. The number of aryl methyl sites for hydroxylation is 1. The van der Waals surface area contributed by atoms with E-state index in [9.17, 15) is 18.0 Å². The zero-order chi connectivity index (χ0) is 16.1. The molecular weight excluding hydrogens is 295 g/mol. The fraction of sp³-hybridized carbons (Fsp3) is 0.733. The van der Waals surface area contributed by atoms with Crippen LogP contribution in [0.15, 0.2) is 6.07 Å². The molecule has 0 radical (unpaired) electrons. The summed E-state index contributed by atoms with van der Waals surface area (Å²) in [4.78, 5) is 12.2. The number of nitrogens with zero attached hydrogens (tertiary/aromatic N) is 2. The Morgan fingerprint density at radius 2 is 2.14 bits per heavy atom. The zero-order valence-corrected chi connectivity index (χ0v) is 12.7. The molecule has 0 saturated heterocycles. The lowest BCUT2D eigenvalue weighted by atomic mass is 9.84. The summed E-state index contributed by atoms with van der Waals surface area (Å²) < 4.78 is 38.9. The highest BCUT2D eigenvalue weighted by Crippen LogP contribution is 2.49. The van der Waals surface area contributed by atoms with E-state index < -0.39 is 17.8 Å². The quantitative estimate of drug-likeness (QED) is 0.932. The molecule has 7 heteroatoms. The molecule has 0 spiro atoms. The molecule has 2 aliphatic carbocycles. The number of nitrogens with one attached hydrogen (secondary N) is 1. The molecule has 2 fully saturated rings. The zero-order valence-electron chi connectivity index (χ0n) is 12.7. The van der Waals surface area contributed by atoms with E-state index in [1.807, 2.05) is 6.92 Å². The number of hydrogen-bond donors (Lipinski definition) is 1. The van der Waals surface area contributed by atoms with Gasteiger partial charge in [-0.05, 0) is 43.9 Å². The molecule has 1 heterocycles. The Morgan fingerprint density at radius 1 is 1.41 bits per heavy atom. The van der Waals surface area contributed by atoms with E-state index >= 15 is 0 Å². The lowest BCUT2D eigenvalue weighted by Crippen LogP contribution is -2.40. The van der Waals surface area contributed by atoms with E-state index in [4.69, 9.17) is 0 Å². The highest BCUT2D eigenvalue weighted by molar-refractivity contribution is 5.92. The van der Waals surface area contributed by atoms with E-state index in [2.05, 4.69) is 10.4 Å². The van der Waals surface area contributed by atoms with Gasteiger partial charge in [0, 0.05) is 19.2 Å². The van der Waals surface area contributed by atoms with Crippen molar-refractivity contribution in [3.8, 4) is 0 Å². The van der Waals surface area contributed by atoms with Crippen molar-refractivity contribution in [1.29, 1.82) is 0 Å². The Balaban J connectivity index is 1.68. The second-order valence-electron chi connectivity index (χ2n) is 6.64. The van der Waals surface area contributed by atoms with Crippen LogP contribution in [0.1, 0.15) is 48.8 Å². The van der Waals surface area contributed by atoms with Gasteiger partial charge < -0.3 is 5.32 Å². The van der Waals surface area contributed by atoms with Crippen LogP contribution in [0.5, 0.6) is 0 Å². The van der Waals surface area contributed by atoms with Crippen LogP contribution in [0.4, 0.5) is 13.2 Å². The number of amides is 1. The lowest BCUT2D eigenvalue weighted by Gasteiger charge is -2.28. The Labute approximate surface area is 127 Å². The van der Waals surface area contributed by atoms with Crippen molar-refractivity contribution < 1.29 is 18.0 Å². The molecule has 1 N–H and O–H groups in total. The van der Waals surface area contributed by atoms with Gasteiger partial charge in [0.05, 0.1) is 0 Å². The van der Waals surface area contributed by atoms with E-state index in [1.54, 1.807) is 0 Å². The van der Waals surface area contributed by atoms with Gasteiger partial charge in [-0.25, -0.2) is 0 Å². The van der Waals surface area contributed by atoms with Gasteiger partial charge in [0.15, 0.2) is 5.69 Å². The fourth-order valence-corrected chi connectivity index (χ4v) is 4.11. The minimum absolute atomic E-state index is 0.0213. The minimum atomic E-state index is -4.54. The number of halogens is 3. The number of alkyl halides is 3. The first kappa shape index (κ1) is 15.4. The Hall–Kier alpha value is -1.53. The van der Waals surface area contributed by atoms with E-state index in [0.29, 0.717) is 11.8 Å². The molecule has 4 nitrogen and oxygen atoms in total. The maximum absolute atomic E-state index is 12.6. The molecule has 3 rings (SSSR count). The number of hydrogen-bond acceptors (Lipinski definition) is 2. The van der Waals surface area contributed by atoms with Gasteiger partial charge >= 0.3 is 6.18 Å². The SMILES string of the molecule is C[C@@H](NC(=O)c1cc(C(F)(F)F)nn1C)[C@@H]1C[C@@H]2CC[C@@H]1C2. The molecule has 1 aromatic heterocycles. The van der Waals surface area contributed by atoms with Gasteiger partial charge in [-0.2, -0.15) is 18.3 Å². The molecule has 122 valence electrons. The van der Waals surface area contributed by atoms with Crippen molar-refractivity contribution in [3.05, 3.63) is 17.5 Å². The highest BCUT2D eigenvalue weighted by Gasteiger charge is 2.42. The Kier molecular flexibility index (Phi) is 3.69. The van der Waals surface area contributed by atoms with Gasteiger partial charge in [0.2, 0.25) is 0 Å². The fourth-order valence-electron chi connectivity index (χ4n) is 4.11. The topological polar surface area (TPSA) is 46.9 Å². The molecular formula is C15H20F3N3O. The molecule has 1 aromatic rings. The van der Waals surface area contributed by atoms with Crippen molar-refractivity contribution in [1.82, 2.24) is 15.1 Å². The summed E-state index contributed by atoms with van der Waals surface area (Å²) in [6, 6.07) is 0.787. The lowest BCUT2D eigenvalue weighted by molar-refractivity contribution is -0.141. The first-order chi connectivity index (χ1) is 10.3. The van der Waals surface area contributed by atoms with Crippen LogP contribution in [0.2, 0.25) is 0 Å². The third-order valence-electron chi connectivity index (χ3n) is 5.20. The van der Waals surface area contributed by atoms with Crippen LogP contribution in [-0.2, 0) is 13.2 Å². The maximum Gasteiger partial charge on any atom is 0.435 e. The maximum atomic E-state index is 12.6. The van der Waals surface area contributed by atoms with Gasteiger partial charge in [0.1, 0.15) is 5.69 Å². The van der Waals surface area contributed by atoms with Gasteiger partial charge in [-0.1, -0.05) is 6.42 Å². The molecule has 0 aliphatic heterocycles. The average molecular weight is 315 g/mol. The molecule has 0 unspecified atom stereocenters. The van der Waals surface area contributed by atoms with Crippen LogP contribution < -0.4 is 5.32 Å². The minimum Gasteiger partial charge on any atom is -0.348 e. The molecule has 22 heavy (non-hydrogen) atoms. The summed E-state index contributed by atoms with van der Waals surface area (Å²) in [6.07, 6.45) is 0.296. The second-order valence-corrected chi connectivity index (χ2v) is 6.64. The van der Waals surface area contributed by atoms with Crippen molar-refractivity contribution in [2.24, 2.45) is 24.8 Å². The summed E-state index contributed by atoms with van der Waals surface area (Å²) in [5, 5.41) is 6.24. The van der Waals surface area contributed by atoms with E-state index in [0.717, 1.165) is 23.1 Å². The number of carbonyl (C=O) groups excluding carboxylic acids is 1. The van der Waals surface area contributed by atoms with Crippen LogP contribution in [0.3, 0.4) is 0 Å². The smallest absolute Gasteiger partial charge is 0.348 e. The van der Waals surface area contributed by atoms with Gasteiger partial charge in [-0.15, -0.1) is 0 Å². The van der Waals surface area contributed by atoms with Crippen LogP contribution in [0, 0.1) is 17.8 Å². The molecule has 2 saturated carbocycles. The molecule has 4 atom stereocenters. The summed E-state index contributed by atoms with van der Waals surface area (Å²) >= 11 is 0. The van der Waals surface area contributed by atoms with Crippen molar-refractivity contribution in [2.75, 3.05) is 0 Å². The summed E-state index contributed by atoms with van der Waals surface area (Å²) in [5.74, 6) is 1.37. The van der Waals surface area contributed by atoms with Crippen LogP contribution in [-0.4, -0.2) is 21.7 Å². The van der Waals surface area contributed by atoms with Crippen molar-refractivity contribution in [2.45, 2.75) is 44.8 Å². The number of aromatic nitrogens is 2. The van der Waals surface area contributed by atoms with E-state index in [-0.39, 0.29) is 11.7 Å².